The van der Waals surface area contributed by atoms with Crippen LogP contribution in [0.1, 0.15) is 406 Å². The second-order valence-electron chi connectivity index (χ2n) is 27.8. The molecule has 1 rings (SSSR count). The summed E-state index contributed by atoms with van der Waals surface area (Å²) in [5.41, 5.74) is 0. The lowest BCUT2D eigenvalue weighted by molar-refractivity contribution is -0.302. The highest BCUT2D eigenvalue weighted by atomic mass is 16.7. The van der Waals surface area contributed by atoms with Crippen molar-refractivity contribution in [2.24, 2.45) is 0 Å². The van der Waals surface area contributed by atoms with Gasteiger partial charge in [0.05, 0.1) is 25.4 Å². The van der Waals surface area contributed by atoms with Crippen molar-refractivity contribution in [3.8, 4) is 0 Å². The summed E-state index contributed by atoms with van der Waals surface area (Å²) in [7, 11) is 0. The van der Waals surface area contributed by atoms with Crippen LogP contribution >= 0.6 is 0 Å². The normalized spacial score (nSPS) is 18.0. The summed E-state index contributed by atoms with van der Waals surface area (Å²) >= 11 is 0. The van der Waals surface area contributed by atoms with Crippen LogP contribution in [0.2, 0.25) is 0 Å². The van der Waals surface area contributed by atoms with Crippen molar-refractivity contribution in [2.75, 3.05) is 13.2 Å². The Hall–Kier alpha value is -1.85. The van der Waals surface area contributed by atoms with Gasteiger partial charge < -0.3 is 40.3 Å². The highest BCUT2D eigenvalue weighted by molar-refractivity contribution is 5.76. The quantitative estimate of drug-likeness (QED) is 0.0261. The molecule has 7 atom stereocenters. The number of hydrogen-bond donors (Lipinski definition) is 6. The molecular weight excluding hydrogens is 1110 g/mol. The number of amides is 1. The number of aliphatic hydroxyl groups is 5. The molecule has 0 bridgehead atoms. The second-order valence-corrected chi connectivity index (χ2v) is 27.8. The van der Waals surface area contributed by atoms with E-state index in [1.165, 1.54) is 340 Å². The molecule has 1 fully saturated rings. The van der Waals surface area contributed by atoms with Crippen molar-refractivity contribution < 1.29 is 39.8 Å². The number of rotatable bonds is 71. The molecular formula is C81H153NO8. The van der Waals surface area contributed by atoms with Gasteiger partial charge in [0.25, 0.3) is 0 Å². The molecule has 0 aromatic heterocycles. The highest BCUT2D eigenvalue weighted by Gasteiger charge is 2.44. The Labute approximate surface area is 558 Å². The van der Waals surface area contributed by atoms with E-state index in [4.69, 9.17) is 9.47 Å². The topological polar surface area (TPSA) is 149 Å². The number of ether oxygens (including phenoxy) is 2. The molecule has 9 nitrogen and oxygen atoms in total. The van der Waals surface area contributed by atoms with E-state index in [1.54, 1.807) is 6.08 Å². The van der Waals surface area contributed by atoms with Gasteiger partial charge in [-0.25, -0.2) is 0 Å². The van der Waals surface area contributed by atoms with E-state index in [1.807, 2.05) is 6.08 Å². The molecule has 1 aliphatic heterocycles. The lowest BCUT2D eigenvalue weighted by Gasteiger charge is -2.40. The Morgan fingerprint density at radius 2 is 0.633 bits per heavy atom. The number of unbranched alkanes of at least 4 members (excludes halogenated alkanes) is 55. The molecule has 6 N–H and O–H groups in total. The standard InChI is InChI=1S/C81H153NO8/c1-3-5-7-9-11-13-15-17-19-21-23-25-27-29-31-32-33-34-35-36-37-38-39-40-41-42-43-44-45-47-49-51-53-55-57-59-61-63-65-67-69-71-77(85)82-74(73-89-81-80(88)79(87)78(86)76(72-83)90-81)75(84)70-68-66-64-62-60-58-56-54-52-50-48-46-30-28-26-24-22-20-18-16-14-12-10-8-6-4-2/h21,23,52,54,60,62,68,70,74-76,78-81,83-84,86-88H,3-20,22,24-51,53,55-59,61,63-67,69,71-73H2,1-2H3,(H,82,85)/b23-21-,54-52+,62-60+,70-68+. The summed E-state index contributed by atoms with van der Waals surface area (Å²) < 4.78 is 11.3. The smallest absolute Gasteiger partial charge is 0.220 e. The molecule has 0 aromatic rings. The Bertz CT molecular complexity index is 1570. The van der Waals surface area contributed by atoms with E-state index in [0.717, 1.165) is 44.9 Å². The van der Waals surface area contributed by atoms with Crippen LogP contribution < -0.4 is 5.32 Å². The first-order chi connectivity index (χ1) is 44.3. The van der Waals surface area contributed by atoms with Gasteiger partial charge in [0.15, 0.2) is 6.29 Å². The zero-order chi connectivity index (χ0) is 64.9. The average molecular weight is 1270 g/mol. The van der Waals surface area contributed by atoms with Crippen LogP contribution in [0.4, 0.5) is 0 Å². The molecule has 0 radical (unpaired) electrons. The van der Waals surface area contributed by atoms with Gasteiger partial charge >= 0.3 is 0 Å². The van der Waals surface area contributed by atoms with Crippen molar-refractivity contribution >= 4 is 5.91 Å². The molecule has 1 aliphatic rings. The predicted molar refractivity (Wildman–Crippen MR) is 387 cm³/mol. The molecule has 7 unspecified atom stereocenters. The molecule has 0 aliphatic carbocycles. The SMILES string of the molecule is CCCCCCCCCC/C=C\CCCCCCCCCCCCCCCCCCCCCCCCCCCCCCCC(=O)NC(COC1OC(CO)C(O)C(O)C1O)C(O)/C=C/CC/C=C/CC/C=C/CCCCCCCCCCCCCCCCCC. The molecule has 1 amide bonds. The van der Waals surface area contributed by atoms with Crippen LogP contribution in [-0.2, 0) is 14.3 Å². The maximum Gasteiger partial charge on any atom is 0.220 e. The average Bonchev–Trinajstić information content (AvgIpc) is 1.28. The van der Waals surface area contributed by atoms with Crippen LogP contribution in [-0.4, -0.2) is 87.5 Å². The third-order valence-electron chi connectivity index (χ3n) is 19.1. The minimum absolute atomic E-state index is 0.183. The number of nitrogens with one attached hydrogen (secondary N) is 1. The van der Waals surface area contributed by atoms with E-state index < -0.39 is 49.5 Å². The fraction of sp³-hybridized carbons (Fsp3) is 0.889. The summed E-state index contributed by atoms with van der Waals surface area (Å²) in [6.07, 6.45) is 89.9. The van der Waals surface area contributed by atoms with Gasteiger partial charge in [0.2, 0.25) is 5.91 Å². The van der Waals surface area contributed by atoms with Crippen LogP contribution in [0.15, 0.2) is 48.6 Å². The Morgan fingerprint density at radius 3 is 0.933 bits per heavy atom. The lowest BCUT2D eigenvalue weighted by Crippen LogP contribution is -2.60. The summed E-state index contributed by atoms with van der Waals surface area (Å²) in [6.45, 7) is 3.81. The fourth-order valence-electron chi connectivity index (χ4n) is 12.9. The first-order valence-corrected chi connectivity index (χ1v) is 39.9. The zero-order valence-electron chi connectivity index (χ0n) is 59.7. The first-order valence-electron chi connectivity index (χ1n) is 39.9. The van der Waals surface area contributed by atoms with Crippen LogP contribution in [0.5, 0.6) is 0 Å². The zero-order valence-corrected chi connectivity index (χ0v) is 59.7. The van der Waals surface area contributed by atoms with Crippen LogP contribution in [0, 0.1) is 0 Å². The number of aliphatic hydroxyl groups excluding tert-OH is 5. The van der Waals surface area contributed by atoms with Crippen LogP contribution in [0.25, 0.3) is 0 Å². The largest absolute Gasteiger partial charge is 0.394 e. The molecule has 9 heteroatoms. The summed E-state index contributed by atoms with van der Waals surface area (Å²) in [5.74, 6) is -0.183. The molecule has 1 saturated heterocycles. The minimum Gasteiger partial charge on any atom is -0.394 e. The Morgan fingerprint density at radius 1 is 0.367 bits per heavy atom. The molecule has 0 aromatic carbocycles. The Balaban J connectivity index is 2.06. The summed E-state index contributed by atoms with van der Waals surface area (Å²) in [4.78, 5) is 13.2. The van der Waals surface area contributed by atoms with Gasteiger partial charge in [-0.2, -0.15) is 0 Å². The third-order valence-corrected chi connectivity index (χ3v) is 19.1. The fourth-order valence-corrected chi connectivity index (χ4v) is 12.9. The van der Waals surface area contributed by atoms with Gasteiger partial charge in [0, 0.05) is 6.42 Å². The first kappa shape index (κ1) is 86.2. The number of carbonyl (C=O) groups is 1. The number of hydrogen-bond acceptors (Lipinski definition) is 8. The maximum atomic E-state index is 13.2. The Kier molecular flexibility index (Phi) is 67.0. The summed E-state index contributed by atoms with van der Waals surface area (Å²) in [5, 5.41) is 54.8. The van der Waals surface area contributed by atoms with E-state index in [0.29, 0.717) is 6.42 Å². The second kappa shape index (κ2) is 70.0. The van der Waals surface area contributed by atoms with E-state index in [2.05, 4.69) is 55.6 Å². The van der Waals surface area contributed by atoms with Gasteiger partial charge in [-0.1, -0.05) is 377 Å². The highest BCUT2D eigenvalue weighted by Crippen LogP contribution is 2.24. The van der Waals surface area contributed by atoms with Crippen molar-refractivity contribution in [3.05, 3.63) is 48.6 Å². The van der Waals surface area contributed by atoms with Crippen molar-refractivity contribution in [3.63, 3.8) is 0 Å². The molecule has 530 valence electrons. The van der Waals surface area contributed by atoms with Crippen molar-refractivity contribution in [1.29, 1.82) is 0 Å². The van der Waals surface area contributed by atoms with Crippen molar-refractivity contribution in [1.82, 2.24) is 5.32 Å². The van der Waals surface area contributed by atoms with Gasteiger partial charge in [-0.05, 0) is 70.6 Å². The summed E-state index contributed by atoms with van der Waals surface area (Å²) in [6, 6.07) is -0.829. The maximum absolute atomic E-state index is 13.2. The minimum atomic E-state index is -1.58. The van der Waals surface area contributed by atoms with Gasteiger partial charge in [-0.3, -0.25) is 4.79 Å². The molecule has 90 heavy (non-hydrogen) atoms. The monoisotopic (exact) mass is 1270 g/mol. The van der Waals surface area contributed by atoms with Crippen molar-refractivity contribution in [2.45, 2.75) is 448 Å². The predicted octanol–water partition coefficient (Wildman–Crippen LogP) is 22.7. The van der Waals surface area contributed by atoms with E-state index >= 15 is 0 Å². The molecule has 0 saturated carbocycles. The van der Waals surface area contributed by atoms with E-state index in [-0.39, 0.29) is 12.5 Å². The lowest BCUT2D eigenvalue weighted by atomic mass is 9.99. The number of allylic oxidation sites excluding steroid dienone is 7. The van der Waals surface area contributed by atoms with Crippen LogP contribution in [0.3, 0.4) is 0 Å². The number of carbonyl (C=O) groups excluding carboxylic acids is 1. The van der Waals surface area contributed by atoms with Gasteiger partial charge in [-0.15, -0.1) is 0 Å². The van der Waals surface area contributed by atoms with E-state index in [9.17, 15) is 30.3 Å². The molecule has 0 spiro atoms. The van der Waals surface area contributed by atoms with Gasteiger partial charge in [0.1, 0.15) is 24.4 Å². The third kappa shape index (κ3) is 57.6. The molecule has 1 heterocycles.